The Morgan fingerprint density at radius 2 is 1.85 bits per heavy atom. The highest BCUT2D eigenvalue weighted by Gasteiger charge is 2.22. The number of aliphatic hydroxyl groups is 1. The lowest BCUT2D eigenvalue weighted by Gasteiger charge is -2.19. The zero-order valence-electron chi connectivity index (χ0n) is 11.4. The molecule has 1 heterocycles. The number of nitrogens with zero attached hydrogens (tertiary/aromatic N) is 1. The summed E-state index contributed by atoms with van der Waals surface area (Å²) in [5.74, 6) is 0. The van der Waals surface area contributed by atoms with Crippen LogP contribution < -0.4 is 5.73 Å². The van der Waals surface area contributed by atoms with Gasteiger partial charge < -0.3 is 15.4 Å². The van der Waals surface area contributed by atoms with Gasteiger partial charge >= 0.3 is 0 Å². The molecule has 0 bridgehead atoms. The molecule has 3 N–H and O–H groups in total. The summed E-state index contributed by atoms with van der Waals surface area (Å²) >= 11 is 0. The van der Waals surface area contributed by atoms with E-state index in [1.54, 1.807) is 19.9 Å². The summed E-state index contributed by atoms with van der Waals surface area (Å²) in [5, 5.41) is 15.1. The first-order chi connectivity index (χ1) is 9.47. The van der Waals surface area contributed by atoms with Crippen molar-refractivity contribution in [2.24, 2.45) is 0 Å². The normalized spacial score (nSPS) is 11.9. The molecular formula is C16H16N2O2. The predicted octanol–water partition coefficient (Wildman–Crippen LogP) is 3.30. The molecule has 0 fully saturated rings. The van der Waals surface area contributed by atoms with Crippen LogP contribution in [0.4, 0.5) is 5.69 Å². The van der Waals surface area contributed by atoms with E-state index in [0.29, 0.717) is 16.8 Å². The molecule has 4 nitrogen and oxygen atoms in total. The average Bonchev–Trinajstić information content (AvgIpc) is 2.80. The van der Waals surface area contributed by atoms with Crippen LogP contribution >= 0.6 is 0 Å². The number of anilines is 1. The van der Waals surface area contributed by atoms with Gasteiger partial charge in [-0.05, 0) is 26.0 Å². The fourth-order valence-electron chi connectivity index (χ4n) is 2.34. The number of nitrogens with two attached hydrogens (primary N) is 1. The van der Waals surface area contributed by atoms with E-state index in [-0.39, 0.29) is 0 Å². The average molecular weight is 268 g/mol. The van der Waals surface area contributed by atoms with Crippen LogP contribution in [-0.4, -0.2) is 10.3 Å². The van der Waals surface area contributed by atoms with Crippen LogP contribution in [-0.2, 0) is 5.60 Å². The lowest BCUT2D eigenvalue weighted by atomic mass is 9.95. The largest absolute Gasteiger partial charge is 0.398 e. The van der Waals surface area contributed by atoms with E-state index < -0.39 is 5.60 Å². The predicted molar refractivity (Wildman–Crippen MR) is 79.1 cm³/mol. The molecule has 1 aromatic heterocycles. The topological polar surface area (TPSA) is 72.3 Å². The van der Waals surface area contributed by atoms with Gasteiger partial charge in [0.2, 0.25) is 0 Å². The van der Waals surface area contributed by atoms with Crippen molar-refractivity contribution in [1.29, 1.82) is 0 Å². The highest BCUT2D eigenvalue weighted by Crippen LogP contribution is 2.34. The number of hydrogen-bond acceptors (Lipinski definition) is 4. The van der Waals surface area contributed by atoms with E-state index in [0.717, 1.165) is 16.6 Å². The summed E-state index contributed by atoms with van der Waals surface area (Å²) in [7, 11) is 0. The summed E-state index contributed by atoms with van der Waals surface area (Å²) in [5.41, 5.74) is 8.56. The van der Waals surface area contributed by atoms with E-state index in [2.05, 4.69) is 5.16 Å². The van der Waals surface area contributed by atoms with Gasteiger partial charge in [-0.2, -0.15) is 0 Å². The Hall–Kier alpha value is -2.33. The molecular weight excluding hydrogens is 252 g/mol. The SMILES string of the molecule is CC(C)(O)c1cc2onc(-c3ccccc3)c2cc1N. The molecule has 20 heavy (non-hydrogen) atoms. The molecule has 3 rings (SSSR count). The molecule has 0 aliphatic heterocycles. The van der Waals surface area contributed by atoms with Crippen molar-refractivity contribution in [1.82, 2.24) is 5.16 Å². The maximum atomic E-state index is 10.1. The van der Waals surface area contributed by atoms with Crippen LogP contribution in [0.3, 0.4) is 0 Å². The third-order valence-electron chi connectivity index (χ3n) is 3.35. The van der Waals surface area contributed by atoms with Gasteiger partial charge in [-0.1, -0.05) is 35.5 Å². The van der Waals surface area contributed by atoms with Gasteiger partial charge in [0.25, 0.3) is 0 Å². The number of fused-ring (bicyclic) bond motifs is 1. The molecule has 0 unspecified atom stereocenters. The Balaban J connectivity index is 2.23. The highest BCUT2D eigenvalue weighted by atomic mass is 16.5. The third kappa shape index (κ3) is 2.04. The second kappa shape index (κ2) is 4.35. The smallest absolute Gasteiger partial charge is 0.168 e. The van der Waals surface area contributed by atoms with Crippen molar-refractivity contribution in [2.75, 3.05) is 5.73 Å². The number of hydrogen-bond donors (Lipinski definition) is 2. The third-order valence-corrected chi connectivity index (χ3v) is 3.35. The molecule has 0 spiro atoms. The molecule has 102 valence electrons. The standard InChI is InChI=1S/C16H16N2O2/c1-16(2,19)12-9-14-11(8-13(12)17)15(18-20-14)10-6-4-3-5-7-10/h3-9,19H,17H2,1-2H3. The molecule has 0 amide bonds. The number of nitrogen functional groups attached to an aromatic ring is 1. The zero-order chi connectivity index (χ0) is 14.3. The van der Waals surface area contributed by atoms with Gasteiger partial charge in [-0.25, -0.2) is 0 Å². The summed E-state index contributed by atoms with van der Waals surface area (Å²) in [4.78, 5) is 0. The van der Waals surface area contributed by atoms with Crippen LogP contribution in [0, 0.1) is 0 Å². The van der Waals surface area contributed by atoms with Crippen LogP contribution in [0.15, 0.2) is 47.0 Å². The fourth-order valence-corrected chi connectivity index (χ4v) is 2.34. The molecule has 0 saturated heterocycles. The van der Waals surface area contributed by atoms with Gasteiger partial charge in [0.05, 0.1) is 11.0 Å². The minimum atomic E-state index is -1.02. The molecule has 4 heteroatoms. The monoisotopic (exact) mass is 268 g/mol. The van der Waals surface area contributed by atoms with Crippen molar-refractivity contribution in [3.05, 3.63) is 48.0 Å². The first-order valence-corrected chi connectivity index (χ1v) is 6.44. The molecule has 3 aromatic rings. The Morgan fingerprint density at radius 1 is 1.15 bits per heavy atom. The minimum absolute atomic E-state index is 0.533. The molecule has 2 aromatic carbocycles. The molecule has 0 atom stereocenters. The quantitative estimate of drug-likeness (QED) is 0.699. The Bertz CT molecular complexity index is 755. The van der Waals surface area contributed by atoms with Gasteiger partial charge in [-0.15, -0.1) is 0 Å². The Labute approximate surface area is 116 Å². The van der Waals surface area contributed by atoms with E-state index >= 15 is 0 Å². The fraction of sp³-hybridized carbons (Fsp3) is 0.188. The van der Waals surface area contributed by atoms with E-state index in [1.807, 2.05) is 36.4 Å². The summed E-state index contributed by atoms with van der Waals surface area (Å²) < 4.78 is 5.38. The van der Waals surface area contributed by atoms with Gasteiger partial charge in [0.15, 0.2) is 5.58 Å². The van der Waals surface area contributed by atoms with Gasteiger partial charge in [-0.3, -0.25) is 0 Å². The molecule has 0 saturated carbocycles. The van der Waals surface area contributed by atoms with Crippen LogP contribution in [0.5, 0.6) is 0 Å². The molecule has 0 aliphatic rings. The summed E-state index contributed by atoms with van der Waals surface area (Å²) in [6.07, 6.45) is 0. The van der Waals surface area contributed by atoms with E-state index in [9.17, 15) is 5.11 Å². The minimum Gasteiger partial charge on any atom is -0.398 e. The van der Waals surface area contributed by atoms with E-state index in [1.165, 1.54) is 0 Å². The van der Waals surface area contributed by atoms with Crippen molar-refractivity contribution >= 4 is 16.7 Å². The first-order valence-electron chi connectivity index (χ1n) is 6.44. The second-order valence-electron chi connectivity index (χ2n) is 5.39. The second-order valence-corrected chi connectivity index (χ2v) is 5.39. The van der Waals surface area contributed by atoms with Crippen LogP contribution in [0.25, 0.3) is 22.2 Å². The zero-order valence-corrected chi connectivity index (χ0v) is 11.4. The van der Waals surface area contributed by atoms with Gasteiger partial charge in [0.1, 0.15) is 5.69 Å². The lowest BCUT2D eigenvalue weighted by Crippen LogP contribution is -2.17. The van der Waals surface area contributed by atoms with E-state index in [4.69, 9.17) is 10.3 Å². The maximum absolute atomic E-state index is 10.1. The summed E-state index contributed by atoms with van der Waals surface area (Å²) in [6.45, 7) is 3.39. The molecule has 0 aliphatic carbocycles. The number of aromatic nitrogens is 1. The van der Waals surface area contributed by atoms with Crippen LogP contribution in [0.2, 0.25) is 0 Å². The van der Waals surface area contributed by atoms with Gasteiger partial charge in [0, 0.05) is 16.8 Å². The summed E-state index contributed by atoms with van der Waals surface area (Å²) in [6, 6.07) is 13.3. The number of benzene rings is 2. The van der Waals surface area contributed by atoms with Crippen molar-refractivity contribution < 1.29 is 9.63 Å². The number of rotatable bonds is 2. The molecule has 0 radical (unpaired) electrons. The van der Waals surface area contributed by atoms with Crippen LogP contribution in [0.1, 0.15) is 19.4 Å². The van der Waals surface area contributed by atoms with Crippen molar-refractivity contribution in [3.63, 3.8) is 0 Å². The lowest BCUT2D eigenvalue weighted by molar-refractivity contribution is 0.0794. The maximum Gasteiger partial charge on any atom is 0.168 e. The first kappa shape index (κ1) is 12.7. The van der Waals surface area contributed by atoms with Crippen molar-refractivity contribution in [3.8, 4) is 11.3 Å². The Kier molecular flexibility index (Phi) is 2.76. The Morgan fingerprint density at radius 3 is 2.50 bits per heavy atom. The van der Waals surface area contributed by atoms with Crippen molar-refractivity contribution in [2.45, 2.75) is 19.4 Å². The highest BCUT2D eigenvalue weighted by molar-refractivity contribution is 5.94.